The Bertz CT molecular complexity index is 919. The number of hydrogen-bond donors (Lipinski definition) is 0. The van der Waals surface area contributed by atoms with E-state index in [-0.39, 0.29) is 0 Å². The summed E-state index contributed by atoms with van der Waals surface area (Å²) in [6.45, 7) is 11.1. The predicted molar refractivity (Wildman–Crippen MR) is 104 cm³/mol. The first-order valence-electron chi connectivity index (χ1n) is 8.99. The molecule has 3 rings (SSSR count). The van der Waals surface area contributed by atoms with Crippen molar-refractivity contribution in [1.82, 2.24) is 0 Å². The Kier molecular flexibility index (Phi) is 4.45. The van der Waals surface area contributed by atoms with Gasteiger partial charge in [0.2, 0.25) is 11.2 Å². The van der Waals surface area contributed by atoms with E-state index in [1.54, 1.807) is 0 Å². The Morgan fingerprint density at radius 2 is 1.62 bits per heavy atom. The summed E-state index contributed by atoms with van der Waals surface area (Å²) in [5.74, 6) is 0. The van der Waals surface area contributed by atoms with Gasteiger partial charge in [-0.3, -0.25) is 0 Å². The van der Waals surface area contributed by atoms with Crippen LogP contribution in [0.3, 0.4) is 0 Å². The molecule has 1 nitrogen and oxygen atoms in total. The normalized spacial score (nSPS) is 11.2. The summed E-state index contributed by atoms with van der Waals surface area (Å²) in [4.78, 5) is 0. The van der Waals surface area contributed by atoms with Gasteiger partial charge in [0.25, 0.3) is 0 Å². The molecule has 0 bridgehead atoms. The standard InChI is InChI=1S/C23H28N/c1-7-18-13-19(8-2)20-9-10-22(24(6)23(20)14-18)21-12-15(3)11-16(4)17(21)5/h9-14H,7-8H2,1-6H3/q+1. The van der Waals surface area contributed by atoms with Crippen molar-refractivity contribution < 1.29 is 4.57 Å². The first kappa shape index (κ1) is 16.7. The van der Waals surface area contributed by atoms with E-state index in [2.05, 4.69) is 82.6 Å². The van der Waals surface area contributed by atoms with Gasteiger partial charge in [-0.2, -0.15) is 4.57 Å². The second-order valence-electron chi connectivity index (χ2n) is 6.93. The molecule has 0 spiro atoms. The number of aromatic nitrogens is 1. The van der Waals surface area contributed by atoms with Crippen LogP contribution in [0.25, 0.3) is 22.2 Å². The van der Waals surface area contributed by atoms with Crippen LogP contribution in [0, 0.1) is 20.8 Å². The fourth-order valence-corrected chi connectivity index (χ4v) is 3.71. The zero-order valence-electron chi connectivity index (χ0n) is 15.8. The monoisotopic (exact) mass is 318 g/mol. The van der Waals surface area contributed by atoms with Crippen molar-refractivity contribution in [2.45, 2.75) is 47.5 Å². The fourth-order valence-electron chi connectivity index (χ4n) is 3.71. The smallest absolute Gasteiger partial charge is 0.194 e. The quantitative estimate of drug-likeness (QED) is 0.571. The number of nitrogens with zero attached hydrogens (tertiary/aromatic N) is 1. The lowest BCUT2D eigenvalue weighted by molar-refractivity contribution is -0.633. The lowest BCUT2D eigenvalue weighted by Gasteiger charge is -2.12. The number of fused-ring (bicyclic) bond motifs is 1. The Morgan fingerprint density at radius 1 is 0.875 bits per heavy atom. The molecule has 0 N–H and O–H groups in total. The summed E-state index contributed by atoms with van der Waals surface area (Å²) in [5.41, 5.74) is 10.9. The number of aryl methyl sites for hydroxylation is 5. The first-order valence-corrected chi connectivity index (χ1v) is 8.99. The van der Waals surface area contributed by atoms with Crippen LogP contribution in [0.5, 0.6) is 0 Å². The molecular formula is C23H28N+. The highest BCUT2D eigenvalue weighted by Gasteiger charge is 2.18. The molecule has 1 heteroatoms. The summed E-state index contributed by atoms with van der Waals surface area (Å²) in [6.07, 6.45) is 2.15. The SMILES string of the molecule is CCc1cc(CC)c2ccc(-c3cc(C)cc(C)c3C)[n+](C)c2c1. The van der Waals surface area contributed by atoms with Gasteiger partial charge < -0.3 is 0 Å². The number of rotatable bonds is 3. The third-order valence-electron chi connectivity index (χ3n) is 5.31. The summed E-state index contributed by atoms with van der Waals surface area (Å²) in [5, 5.41) is 1.38. The minimum atomic E-state index is 1.08. The average Bonchev–Trinajstić information content (AvgIpc) is 2.58. The fraction of sp³-hybridized carbons (Fsp3) is 0.348. The third kappa shape index (κ3) is 2.73. The minimum absolute atomic E-state index is 1.08. The van der Waals surface area contributed by atoms with Crippen LogP contribution in [-0.4, -0.2) is 0 Å². The van der Waals surface area contributed by atoms with Crippen molar-refractivity contribution in [1.29, 1.82) is 0 Å². The molecule has 0 amide bonds. The second kappa shape index (κ2) is 6.39. The summed E-state index contributed by atoms with van der Waals surface area (Å²) in [7, 11) is 2.20. The molecule has 24 heavy (non-hydrogen) atoms. The number of pyridine rings is 1. The van der Waals surface area contributed by atoms with Gasteiger partial charge in [0, 0.05) is 23.1 Å². The molecule has 0 radical (unpaired) electrons. The Labute approximate surface area is 146 Å². The van der Waals surface area contributed by atoms with E-state index in [1.807, 2.05) is 0 Å². The van der Waals surface area contributed by atoms with Crippen molar-refractivity contribution in [3.63, 3.8) is 0 Å². The molecule has 0 aliphatic carbocycles. The van der Waals surface area contributed by atoms with E-state index in [4.69, 9.17) is 0 Å². The molecule has 0 saturated heterocycles. The van der Waals surface area contributed by atoms with Crippen molar-refractivity contribution >= 4 is 10.9 Å². The van der Waals surface area contributed by atoms with E-state index in [1.165, 1.54) is 50.0 Å². The van der Waals surface area contributed by atoms with Crippen LogP contribution >= 0.6 is 0 Å². The summed E-state index contributed by atoms with van der Waals surface area (Å²) in [6, 6.07) is 13.9. The van der Waals surface area contributed by atoms with Gasteiger partial charge in [-0.05, 0) is 68.0 Å². The average molecular weight is 318 g/mol. The number of hydrogen-bond acceptors (Lipinski definition) is 0. The maximum atomic E-state index is 2.37. The Hall–Kier alpha value is -2.15. The van der Waals surface area contributed by atoms with Crippen molar-refractivity contribution in [2.24, 2.45) is 7.05 Å². The zero-order chi connectivity index (χ0) is 17.4. The van der Waals surface area contributed by atoms with E-state index in [0.29, 0.717) is 0 Å². The number of benzene rings is 2. The van der Waals surface area contributed by atoms with Crippen molar-refractivity contribution in [2.75, 3.05) is 0 Å². The van der Waals surface area contributed by atoms with Crippen LogP contribution in [-0.2, 0) is 19.9 Å². The highest BCUT2D eigenvalue weighted by Crippen LogP contribution is 2.28. The van der Waals surface area contributed by atoms with Crippen LogP contribution < -0.4 is 4.57 Å². The molecule has 0 aliphatic rings. The molecular weight excluding hydrogens is 290 g/mol. The molecule has 1 heterocycles. The topological polar surface area (TPSA) is 3.88 Å². The summed E-state index contributed by atoms with van der Waals surface area (Å²) < 4.78 is 2.37. The van der Waals surface area contributed by atoms with Crippen molar-refractivity contribution in [3.05, 3.63) is 64.2 Å². The second-order valence-corrected chi connectivity index (χ2v) is 6.93. The predicted octanol–water partition coefficient (Wildman–Crippen LogP) is 5.38. The van der Waals surface area contributed by atoms with E-state index in [9.17, 15) is 0 Å². The van der Waals surface area contributed by atoms with Gasteiger partial charge in [-0.25, -0.2) is 0 Å². The third-order valence-corrected chi connectivity index (χ3v) is 5.31. The van der Waals surface area contributed by atoms with E-state index in [0.717, 1.165) is 12.8 Å². The molecule has 3 aromatic rings. The van der Waals surface area contributed by atoms with Crippen LogP contribution in [0.2, 0.25) is 0 Å². The minimum Gasteiger partial charge on any atom is -0.194 e. The van der Waals surface area contributed by atoms with Gasteiger partial charge in [-0.15, -0.1) is 0 Å². The first-order chi connectivity index (χ1) is 11.5. The van der Waals surface area contributed by atoms with Gasteiger partial charge >= 0.3 is 0 Å². The van der Waals surface area contributed by atoms with Crippen LogP contribution in [0.4, 0.5) is 0 Å². The largest absolute Gasteiger partial charge is 0.213 e. The van der Waals surface area contributed by atoms with E-state index < -0.39 is 0 Å². The Morgan fingerprint density at radius 3 is 2.29 bits per heavy atom. The van der Waals surface area contributed by atoms with Gasteiger partial charge in [-0.1, -0.05) is 31.5 Å². The van der Waals surface area contributed by atoms with Crippen LogP contribution in [0.15, 0.2) is 36.4 Å². The lowest BCUT2D eigenvalue weighted by atomic mass is 9.95. The summed E-state index contributed by atoms with van der Waals surface area (Å²) >= 11 is 0. The zero-order valence-corrected chi connectivity index (χ0v) is 15.8. The van der Waals surface area contributed by atoms with Gasteiger partial charge in [0.1, 0.15) is 7.05 Å². The lowest BCUT2D eigenvalue weighted by Crippen LogP contribution is -2.32. The molecule has 2 aromatic carbocycles. The molecule has 0 aliphatic heterocycles. The highest BCUT2D eigenvalue weighted by molar-refractivity contribution is 5.82. The molecule has 0 fully saturated rings. The van der Waals surface area contributed by atoms with Crippen LogP contribution in [0.1, 0.15) is 41.7 Å². The molecule has 0 atom stereocenters. The van der Waals surface area contributed by atoms with E-state index >= 15 is 0 Å². The molecule has 1 aromatic heterocycles. The van der Waals surface area contributed by atoms with Gasteiger partial charge in [0.05, 0.1) is 0 Å². The molecule has 0 unspecified atom stereocenters. The molecule has 0 saturated carbocycles. The maximum Gasteiger partial charge on any atom is 0.213 e. The highest BCUT2D eigenvalue weighted by atomic mass is 14.9. The molecule has 124 valence electrons. The Balaban J connectivity index is 2.34. The van der Waals surface area contributed by atoms with Gasteiger partial charge in [0.15, 0.2) is 0 Å². The maximum absolute atomic E-state index is 2.37. The van der Waals surface area contributed by atoms with Crippen molar-refractivity contribution in [3.8, 4) is 11.3 Å².